The maximum Gasteiger partial charge on any atom is 0.244 e. The van der Waals surface area contributed by atoms with E-state index in [1.807, 2.05) is 43.3 Å². The number of hydrogen-bond acceptors (Lipinski definition) is 6. The van der Waals surface area contributed by atoms with Gasteiger partial charge in [0.15, 0.2) is 5.41 Å². The Labute approximate surface area is 179 Å². The van der Waals surface area contributed by atoms with Crippen molar-refractivity contribution in [2.45, 2.75) is 25.7 Å². The fraction of sp³-hybridized carbons (Fsp3) is 0.304. The van der Waals surface area contributed by atoms with Crippen LogP contribution >= 0.6 is 11.6 Å². The molecule has 2 aliphatic rings. The van der Waals surface area contributed by atoms with E-state index in [1.54, 1.807) is 31.2 Å². The summed E-state index contributed by atoms with van der Waals surface area (Å²) < 4.78 is 12.4. The number of benzene rings is 2. The number of hydrogen-bond donors (Lipinski definition) is 1. The molecule has 2 fully saturated rings. The van der Waals surface area contributed by atoms with Crippen molar-refractivity contribution in [3.8, 4) is 18.2 Å². The summed E-state index contributed by atoms with van der Waals surface area (Å²) >= 11 is 6.17. The van der Waals surface area contributed by atoms with E-state index in [0.717, 1.165) is 5.56 Å². The number of fused-ring (bicyclic) bond motifs is 2. The maximum absolute atomic E-state index is 10.3. The molecule has 2 heterocycles. The average molecular weight is 417 g/mol. The minimum atomic E-state index is -2.01. The molecule has 2 bridgehead atoms. The highest BCUT2D eigenvalue weighted by molar-refractivity contribution is 6.30. The molecular weight excluding hydrogens is 400 g/mol. The minimum Gasteiger partial charge on any atom is -0.443 e. The van der Waals surface area contributed by atoms with Crippen LogP contribution in [0, 0.1) is 63.1 Å². The summed E-state index contributed by atoms with van der Waals surface area (Å²) in [5.74, 6) is -2.73. The highest BCUT2D eigenvalue weighted by Gasteiger charge is 2.79. The first kappa shape index (κ1) is 19.9. The zero-order chi connectivity index (χ0) is 21.7. The summed E-state index contributed by atoms with van der Waals surface area (Å²) in [7, 11) is 0. The van der Waals surface area contributed by atoms with E-state index >= 15 is 0 Å². The number of nitriles is 3. The second-order valence-corrected chi connectivity index (χ2v) is 8.13. The van der Waals surface area contributed by atoms with Crippen LogP contribution in [0.15, 0.2) is 48.5 Å². The lowest BCUT2D eigenvalue weighted by Gasteiger charge is -2.48. The van der Waals surface area contributed by atoms with E-state index in [1.165, 1.54) is 0 Å². The molecule has 7 heteroatoms. The fourth-order valence-corrected chi connectivity index (χ4v) is 4.82. The van der Waals surface area contributed by atoms with Crippen LogP contribution in [-0.4, -0.2) is 5.90 Å². The van der Waals surface area contributed by atoms with Crippen LogP contribution in [0.25, 0.3) is 0 Å². The van der Waals surface area contributed by atoms with Gasteiger partial charge < -0.3 is 9.47 Å². The van der Waals surface area contributed by atoms with Gasteiger partial charge in [0.25, 0.3) is 0 Å². The summed E-state index contributed by atoms with van der Waals surface area (Å²) in [5, 5.41) is 39.6. The quantitative estimate of drug-likeness (QED) is 0.757. The molecule has 30 heavy (non-hydrogen) atoms. The SMILES string of the molecule is Cc1ccc(C23OC(=N)C(C#N)(C2C)C(C#N)(C#N)C(c2cccc(Cl)c2)O3)cc1. The number of rotatable bonds is 2. The van der Waals surface area contributed by atoms with Gasteiger partial charge in [0, 0.05) is 10.6 Å². The molecule has 4 unspecified atom stereocenters. The van der Waals surface area contributed by atoms with Crippen molar-refractivity contribution in [2.24, 2.45) is 16.7 Å². The molecule has 148 valence electrons. The van der Waals surface area contributed by atoms with E-state index in [2.05, 4.69) is 6.07 Å². The lowest BCUT2D eigenvalue weighted by molar-refractivity contribution is -0.288. The third-order valence-electron chi connectivity index (χ3n) is 6.27. The minimum absolute atomic E-state index is 0.401. The van der Waals surface area contributed by atoms with Crippen LogP contribution in [-0.2, 0) is 15.3 Å². The molecule has 4 rings (SSSR count). The Kier molecular flexibility index (Phi) is 4.37. The van der Waals surface area contributed by atoms with Gasteiger partial charge in [-0.3, -0.25) is 5.41 Å². The number of halogens is 1. The Morgan fingerprint density at radius 3 is 2.27 bits per heavy atom. The number of aryl methyl sites for hydroxylation is 1. The van der Waals surface area contributed by atoms with Crippen molar-refractivity contribution < 1.29 is 9.47 Å². The normalized spacial score (nSPS) is 31.1. The molecule has 2 aromatic rings. The average Bonchev–Trinajstić information content (AvgIpc) is 2.90. The Morgan fingerprint density at radius 1 is 1.03 bits per heavy atom. The van der Waals surface area contributed by atoms with Crippen molar-refractivity contribution in [1.29, 1.82) is 21.2 Å². The van der Waals surface area contributed by atoms with E-state index in [-0.39, 0.29) is 0 Å². The van der Waals surface area contributed by atoms with E-state index in [4.69, 9.17) is 26.5 Å². The van der Waals surface area contributed by atoms with E-state index < -0.39 is 34.5 Å². The fourth-order valence-electron chi connectivity index (χ4n) is 4.62. The third kappa shape index (κ3) is 2.22. The molecule has 0 spiro atoms. The largest absolute Gasteiger partial charge is 0.443 e. The van der Waals surface area contributed by atoms with Gasteiger partial charge in [-0.15, -0.1) is 0 Å². The van der Waals surface area contributed by atoms with Crippen molar-refractivity contribution >= 4 is 17.5 Å². The van der Waals surface area contributed by atoms with Gasteiger partial charge in [-0.1, -0.05) is 60.5 Å². The molecule has 0 aromatic heterocycles. The zero-order valence-electron chi connectivity index (χ0n) is 16.3. The number of ether oxygens (including phenoxy) is 2. The van der Waals surface area contributed by atoms with E-state index in [0.29, 0.717) is 16.1 Å². The van der Waals surface area contributed by atoms with Gasteiger partial charge in [0.2, 0.25) is 17.1 Å². The summed E-state index contributed by atoms with van der Waals surface area (Å²) in [5.41, 5.74) is -1.74. The van der Waals surface area contributed by atoms with Crippen LogP contribution in [0.5, 0.6) is 0 Å². The Hall–Kier alpha value is -3.37. The van der Waals surface area contributed by atoms with Gasteiger partial charge in [-0.05, 0) is 24.6 Å². The standard InChI is InChI=1S/C23H17ClN4O2/c1-14-6-8-17(9-7-14)23-15(2)22(13-27,20(28)30-23)21(11-25,12-26)19(29-23)16-4-3-5-18(24)10-16/h3-10,15,19,28H,1-2H3. The summed E-state index contributed by atoms with van der Waals surface area (Å²) in [4.78, 5) is 0. The molecule has 4 atom stereocenters. The first-order valence-electron chi connectivity index (χ1n) is 9.33. The molecule has 0 radical (unpaired) electrons. The Balaban J connectivity index is 2.04. The lowest BCUT2D eigenvalue weighted by atomic mass is 9.53. The molecule has 6 nitrogen and oxygen atoms in total. The van der Waals surface area contributed by atoms with E-state index in [9.17, 15) is 15.8 Å². The van der Waals surface area contributed by atoms with Crippen LogP contribution in [0.1, 0.15) is 29.7 Å². The van der Waals surface area contributed by atoms with Crippen LogP contribution < -0.4 is 0 Å². The highest BCUT2D eigenvalue weighted by atomic mass is 35.5. The van der Waals surface area contributed by atoms with Gasteiger partial charge in [0.05, 0.1) is 24.1 Å². The molecule has 2 aromatic carbocycles. The second kappa shape index (κ2) is 6.57. The van der Waals surface area contributed by atoms with Gasteiger partial charge in [-0.2, -0.15) is 15.8 Å². The predicted octanol–water partition coefficient (Wildman–Crippen LogP) is 4.76. The summed E-state index contributed by atoms with van der Waals surface area (Å²) in [6.07, 6.45) is -1.16. The molecule has 0 saturated carbocycles. The van der Waals surface area contributed by atoms with Crippen LogP contribution in [0.2, 0.25) is 5.02 Å². The number of nitrogens with one attached hydrogen (secondary N) is 1. The second-order valence-electron chi connectivity index (χ2n) is 7.69. The van der Waals surface area contributed by atoms with Crippen molar-refractivity contribution in [2.75, 3.05) is 0 Å². The molecule has 0 amide bonds. The van der Waals surface area contributed by atoms with Crippen molar-refractivity contribution in [3.63, 3.8) is 0 Å². The third-order valence-corrected chi connectivity index (χ3v) is 6.51. The first-order chi connectivity index (χ1) is 14.3. The van der Waals surface area contributed by atoms with Gasteiger partial charge in [0.1, 0.15) is 6.10 Å². The maximum atomic E-state index is 10.3. The Morgan fingerprint density at radius 2 is 1.70 bits per heavy atom. The monoisotopic (exact) mass is 416 g/mol. The smallest absolute Gasteiger partial charge is 0.244 e. The molecule has 1 N–H and O–H groups in total. The van der Waals surface area contributed by atoms with Gasteiger partial charge in [-0.25, -0.2) is 0 Å². The van der Waals surface area contributed by atoms with Crippen molar-refractivity contribution in [3.05, 3.63) is 70.2 Å². The molecule has 2 aliphatic heterocycles. The molecule has 2 saturated heterocycles. The topological polar surface area (TPSA) is 114 Å². The molecular formula is C23H17ClN4O2. The van der Waals surface area contributed by atoms with Crippen LogP contribution in [0.4, 0.5) is 0 Å². The summed E-state index contributed by atoms with van der Waals surface area (Å²) in [6.45, 7) is 3.62. The van der Waals surface area contributed by atoms with Gasteiger partial charge >= 0.3 is 0 Å². The Bertz CT molecular complexity index is 1160. The summed E-state index contributed by atoms with van der Waals surface area (Å²) in [6, 6.07) is 20.2. The number of nitrogens with zero attached hydrogens (tertiary/aromatic N) is 3. The predicted molar refractivity (Wildman–Crippen MR) is 108 cm³/mol. The highest BCUT2D eigenvalue weighted by Crippen LogP contribution is 2.68. The zero-order valence-corrected chi connectivity index (χ0v) is 17.1. The lowest BCUT2D eigenvalue weighted by Crippen LogP contribution is -2.57. The van der Waals surface area contributed by atoms with Crippen LogP contribution in [0.3, 0.4) is 0 Å². The first-order valence-corrected chi connectivity index (χ1v) is 9.71. The van der Waals surface area contributed by atoms with Crippen molar-refractivity contribution in [1.82, 2.24) is 0 Å². The molecule has 0 aliphatic carbocycles.